The van der Waals surface area contributed by atoms with Crippen LogP contribution in [0.4, 0.5) is 0 Å². The number of hydrogen-bond acceptors (Lipinski definition) is 5. The molecule has 0 atom stereocenters. The molecule has 0 fully saturated rings. The zero-order chi connectivity index (χ0) is 15.5. The largest absolute Gasteiger partial charge is 0.504 e. The van der Waals surface area contributed by atoms with E-state index < -0.39 is 5.97 Å². The molecule has 0 bridgehead atoms. The lowest BCUT2D eigenvalue weighted by Gasteiger charge is -2.05. The number of rotatable bonds is 4. The van der Waals surface area contributed by atoms with Gasteiger partial charge >= 0.3 is 0 Å². The van der Waals surface area contributed by atoms with E-state index in [0.29, 0.717) is 12.4 Å². The summed E-state index contributed by atoms with van der Waals surface area (Å²) in [7, 11) is 0. The molecule has 110 valence electrons. The van der Waals surface area contributed by atoms with Crippen LogP contribution in [0.1, 0.15) is 19.4 Å². The average molecular weight is 282 g/mol. The first kappa shape index (κ1) is 17.2. The number of aliphatic carboxylic acids is 1. The Hall–Kier alpha value is -2.77. The molecule has 0 aliphatic heterocycles. The fraction of sp³-hybridized carbons (Fsp3) is 0.250. The summed E-state index contributed by atoms with van der Waals surface area (Å²) in [6, 6.07) is 4.83. The number of guanidine groups is 1. The SMILES string of the molecule is CC(=O)O.CCOc1cc(/C=N/N=C(N)N)ccc1O. The second-order valence-electron chi connectivity index (χ2n) is 3.45. The van der Waals surface area contributed by atoms with E-state index in [4.69, 9.17) is 26.1 Å². The van der Waals surface area contributed by atoms with E-state index in [1.54, 1.807) is 12.1 Å². The summed E-state index contributed by atoms with van der Waals surface area (Å²) >= 11 is 0. The highest BCUT2D eigenvalue weighted by molar-refractivity contribution is 5.82. The van der Waals surface area contributed by atoms with Gasteiger partial charge in [0.2, 0.25) is 5.96 Å². The number of carboxylic acid groups (broad SMARTS) is 1. The Morgan fingerprint density at radius 2 is 2.05 bits per heavy atom. The maximum absolute atomic E-state index is 9.44. The number of hydrogen-bond donors (Lipinski definition) is 4. The van der Waals surface area contributed by atoms with Crippen molar-refractivity contribution in [2.75, 3.05) is 6.61 Å². The summed E-state index contributed by atoms with van der Waals surface area (Å²) in [6.45, 7) is 3.39. The predicted octanol–water partition coefficient (Wildman–Crippen LogP) is 0.489. The summed E-state index contributed by atoms with van der Waals surface area (Å²) in [6.07, 6.45) is 1.46. The Labute approximate surface area is 116 Å². The van der Waals surface area contributed by atoms with Gasteiger partial charge in [0.05, 0.1) is 12.8 Å². The van der Waals surface area contributed by atoms with Crippen LogP contribution in [0.15, 0.2) is 28.4 Å². The number of phenolic OH excluding ortho intramolecular Hbond substituents is 1. The fourth-order valence-electron chi connectivity index (χ4n) is 1.04. The van der Waals surface area contributed by atoms with Crippen LogP contribution in [0.5, 0.6) is 11.5 Å². The zero-order valence-electron chi connectivity index (χ0n) is 11.3. The van der Waals surface area contributed by atoms with Crippen molar-refractivity contribution in [2.45, 2.75) is 13.8 Å². The van der Waals surface area contributed by atoms with Gasteiger partial charge in [-0.25, -0.2) is 0 Å². The highest BCUT2D eigenvalue weighted by Crippen LogP contribution is 2.26. The topological polar surface area (TPSA) is 144 Å². The molecule has 1 aromatic rings. The van der Waals surface area contributed by atoms with Gasteiger partial charge in [0.25, 0.3) is 5.97 Å². The lowest BCUT2D eigenvalue weighted by atomic mass is 10.2. The molecule has 8 heteroatoms. The van der Waals surface area contributed by atoms with Gasteiger partial charge in [0, 0.05) is 6.92 Å². The molecule has 0 amide bonds. The van der Waals surface area contributed by atoms with Crippen LogP contribution in [0.25, 0.3) is 0 Å². The van der Waals surface area contributed by atoms with Gasteiger partial charge in [-0.2, -0.15) is 5.10 Å². The van der Waals surface area contributed by atoms with Crippen molar-refractivity contribution in [1.82, 2.24) is 0 Å². The minimum atomic E-state index is -0.833. The normalized spacial score (nSPS) is 9.50. The molecule has 0 saturated carbocycles. The van der Waals surface area contributed by atoms with Crippen molar-refractivity contribution in [3.8, 4) is 11.5 Å². The lowest BCUT2D eigenvalue weighted by Crippen LogP contribution is -2.21. The van der Waals surface area contributed by atoms with E-state index in [0.717, 1.165) is 12.5 Å². The number of nitrogens with zero attached hydrogens (tertiary/aromatic N) is 2. The van der Waals surface area contributed by atoms with Crippen LogP contribution in [0.2, 0.25) is 0 Å². The Morgan fingerprint density at radius 1 is 1.45 bits per heavy atom. The minimum Gasteiger partial charge on any atom is -0.504 e. The van der Waals surface area contributed by atoms with Crippen LogP contribution < -0.4 is 16.2 Å². The van der Waals surface area contributed by atoms with E-state index in [-0.39, 0.29) is 11.7 Å². The molecule has 1 aromatic carbocycles. The van der Waals surface area contributed by atoms with E-state index in [9.17, 15) is 5.11 Å². The Kier molecular flexibility index (Phi) is 7.92. The number of phenols is 1. The van der Waals surface area contributed by atoms with E-state index in [1.165, 1.54) is 12.3 Å². The first-order valence-electron chi connectivity index (χ1n) is 5.64. The first-order valence-corrected chi connectivity index (χ1v) is 5.64. The highest BCUT2D eigenvalue weighted by atomic mass is 16.5. The number of benzene rings is 1. The van der Waals surface area contributed by atoms with Gasteiger partial charge in [-0.3, -0.25) is 4.79 Å². The Morgan fingerprint density at radius 3 is 2.55 bits per heavy atom. The third kappa shape index (κ3) is 8.34. The summed E-state index contributed by atoms with van der Waals surface area (Å²) < 4.78 is 5.21. The smallest absolute Gasteiger partial charge is 0.300 e. The highest BCUT2D eigenvalue weighted by Gasteiger charge is 2.01. The second-order valence-corrected chi connectivity index (χ2v) is 3.45. The lowest BCUT2D eigenvalue weighted by molar-refractivity contribution is -0.134. The molecule has 0 heterocycles. The van der Waals surface area contributed by atoms with Gasteiger partial charge in [0.15, 0.2) is 11.5 Å². The molecule has 8 nitrogen and oxygen atoms in total. The van der Waals surface area contributed by atoms with Gasteiger partial charge in [-0.15, -0.1) is 5.10 Å². The maximum atomic E-state index is 9.44. The van der Waals surface area contributed by atoms with Gasteiger partial charge in [-0.1, -0.05) is 0 Å². The van der Waals surface area contributed by atoms with Gasteiger partial charge in [0.1, 0.15) is 0 Å². The quantitative estimate of drug-likeness (QED) is 0.359. The molecule has 0 aliphatic carbocycles. The van der Waals surface area contributed by atoms with E-state index in [2.05, 4.69) is 10.2 Å². The van der Waals surface area contributed by atoms with Crippen molar-refractivity contribution in [1.29, 1.82) is 0 Å². The second kappa shape index (κ2) is 9.20. The molecular formula is C12H18N4O4. The monoisotopic (exact) mass is 282 g/mol. The van der Waals surface area contributed by atoms with Crippen molar-refractivity contribution in [3.63, 3.8) is 0 Å². The van der Waals surface area contributed by atoms with Crippen LogP contribution in [-0.2, 0) is 4.79 Å². The van der Waals surface area contributed by atoms with Crippen molar-refractivity contribution < 1.29 is 19.7 Å². The van der Waals surface area contributed by atoms with Crippen molar-refractivity contribution in [3.05, 3.63) is 23.8 Å². The van der Waals surface area contributed by atoms with E-state index in [1.807, 2.05) is 6.92 Å². The molecule has 20 heavy (non-hydrogen) atoms. The van der Waals surface area contributed by atoms with Crippen LogP contribution in [0, 0.1) is 0 Å². The summed E-state index contributed by atoms with van der Waals surface area (Å²) in [5.41, 5.74) is 10.9. The van der Waals surface area contributed by atoms with Crippen molar-refractivity contribution in [2.24, 2.45) is 21.7 Å². The standard InChI is InChI=1S/C10H14N4O2.C2H4O2/c1-2-16-9-5-7(3-4-8(9)15)6-13-14-10(11)12;1-2(3)4/h3-6,15H,2H2,1H3,(H4,11,12,14);1H3,(H,3,4)/b13-6+;. The summed E-state index contributed by atoms with van der Waals surface area (Å²) in [4.78, 5) is 9.00. The third-order valence-electron chi connectivity index (χ3n) is 1.66. The molecule has 0 aromatic heterocycles. The fourth-order valence-corrected chi connectivity index (χ4v) is 1.04. The summed E-state index contributed by atoms with van der Waals surface area (Å²) in [5, 5.41) is 24.0. The third-order valence-corrected chi connectivity index (χ3v) is 1.66. The van der Waals surface area contributed by atoms with Crippen LogP contribution in [0.3, 0.4) is 0 Å². The molecule has 1 rings (SSSR count). The number of nitrogens with two attached hydrogens (primary N) is 2. The van der Waals surface area contributed by atoms with Crippen molar-refractivity contribution >= 4 is 18.1 Å². The number of aromatic hydroxyl groups is 1. The molecule has 0 radical (unpaired) electrons. The first-order chi connectivity index (χ1) is 9.36. The molecule has 0 saturated heterocycles. The molecule has 6 N–H and O–H groups in total. The molecular weight excluding hydrogens is 264 g/mol. The number of carboxylic acids is 1. The molecule has 0 spiro atoms. The van der Waals surface area contributed by atoms with Crippen LogP contribution >= 0.6 is 0 Å². The number of carbonyl (C=O) groups is 1. The Bertz CT molecular complexity index is 492. The predicted molar refractivity (Wildman–Crippen MR) is 76.0 cm³/mol. The molecule has 0 unspecified atom stereocenters. The van der Waals surface area contributed by atoms with Crippen LogP contribution in [-0.4, -0.2) is 35.0 Å². The Balaban J connectivity index is 0.000000796. The maximum Gasteiger partial charge on any atom is 0.300 e. The number of ether oxygens (including phenoxy) is 1. The summed E-state index contributed by atoms with van der Waals surface area (Å²) in [5.74, 6) is -0.461. The van der Waals surface area contributed by atoms with Gasteiger partial charge in [-0.05, 0) is 30.7 Å². The minimum absolute atomic E-state index is 0.0841. The van der Waals surface area contributed by atoms with E-state index >= 15 is 0 Å². The van der Waals surface area contributed by atoms with Gasteiger partial charge < -0.3 is 26.4 Å². The zero-order valence-corrected chi connectivity index (χ0v) is 11.3. The molecule has 0 aliphatic rings. The average Bonchev–Trinajstić information content (AvgIpc) is 2.32.